The molecule has 2 heteroatoms. The molecule has 0 spiro atoms. The molecule has 2 aliphatic carbocycles. The molecule has 0 unspecified atom stereocenters. The zero-order chi connectivity index (χ0) is 13.2. The number of rotatable bonds is 4. The molecule has 2 fully saturated rings. The van der Waals surface area contributed by atoms with Gasteiger partial charge in [0.25, 0.3) is 0 Å². The Morgan fingerprint density at radius 3 is 2.89 bits per heavy atom. The van der Waals surface area contributed by atoms with Crippen molar-refractivity contribution in [2.24, 2.45) is 23.2 Å². The summed E-state index contributed by atoms with van der Waals surface area (Å²) < 4.78 is 0. The Morgan fingerprint density at radius 2 is 2.21 bits per heavy atom. The van der Waals surface area contributed by atoms with Crippen molar-refractivity contribution in [2.45, 2.75) is 52.4 Å². The molecule has 19 heavy (non-hydrogen) atoms. The largest absolute Gasteiger partial charge is 0.514 e. The molecule has 4 atom stereocenters. The van der Waals surface area contributed by atoms with E-state index in [4.69, 9.17) is 6.58 Å². The minimum Gasteiger partial charge on any atom is -0.514 e. The van der Waals surface area contributed by atoms with Crippen molar-refractivity contribution in [1.82, 2.24) is 0 Å². The minimum absolute atomic E-state index is 0. The van der Waals surface area contributed by atoms with Crippen molar-refractivity contribution >= 4 is 6.29 Å². The van der Waals surface area contributed by atoms with Crippen LogP contribution in [0, 0.1) is 29.7 Å². The Morgan fingerprint density at radius 1 is 1.47 bits per heavy atom. The van der Waals surface area contributed by atoms with E-state index in [0.717, 1.165) is 25.0 Å². The van der Waals surface area contributed by atoms with E-state index in [1.807, 2.05) is 6.08 Å². The van der Waals surface area contributed by atoms with Gasteiger partial charge in [-0.05, 0) is 54.9 Å². The third kappa shape index (κ3) is 3.47. The average Bonchev–Trinajstić information content (AvgIpc) is 2.68. The van der Waals surface area contributed by atoms with Gasteiger partial charge < -0.3 is 6.58 Å². The summed E-state index contributed by atoms with van der Waals surface area (Å²) in [7, 11) is 0. The molecule has 1 nitrogen and oxygen atoms in total. The maximum Gasteiger partial charge on any atom is 0.142 e. The topological polar surface area (TPSA) is 17.1 Å². The molecule has 0 N–H and O–H groups in total. The fraction of sp³-hybridized carbons (Fsp3) is 0.706. The Labute approximate surface area is 143 Å². The first-order valence-electron chi connectivity index (χ1n) is 7.31. The second-order valence-corrected chi connectivity index (χ2v) is 6.45. The first kappa shape index (κ1) is 17.3. The van der Waals surface area contributed by atoms with Crippen molar-refractivity contribution in [1.29, 1.82) is 0 Å². The van der Waals surface area contributed by atoms with Gasteiger partial charge in [-0.2, -0.15) is 0 Å². The van der Waals surface area contributed by atoms with Crippen molar-refractivity contribution in [3.05, 3.63) is 24.3 Å². The molecular formula is C17H25OY-. The van der Waals surface area contributed by atoms with Gasteiger partial charge in [-0.3, -0.25) is 10.4 Å². The van der Waals surface area contributed by atoms with Crippen molar-refractivity contribution < 1.29 is 37.5 Å². The van der Waals surface area contributed by atoms with Gasteiger partial charge in [0.1, 0.15) is 6.29 Å². The van der Waals surface area contributed by atoms with Crippen LogP contribution in [0.1, 0.15) is 52.4 Å². The number of hydrogen-bond donors (Lipinski definition) is 0. The number of aldehydes is 1. The quantitative estimate of drug-likeness (QED) is 0.425. The molecule has 0 aromatic rings. The average molecular weight is 334 g/mol. The SMILES string of the molecule is [CH-]=C1CCC[C@]2(C)[C@@H]([C@H](C)C/C=C/C=O)CC[C@@H]12.[Y]. The zero-order valence-corrected chi connectivity index (χ0v) is 15.1. The second-order valence-electron chi connectivity index (χ2n) is 6.45. The molecule has 0 aromatic heterocycles. The second kappa shape index (κ2) is 7.32. The summed E-state index contributed by atoms with van der Waals surface area (Å²) >= 11 is 0. The van der Waals surface area contributed by atoms with Gasteiger partial charge in [-0.25, -0.2) is 0 Å². The Bertz CT molecular complexity index is 360. The predicted octanol–water partition coefficient (Wildman–Crippen LogP) is 4.34. The summed E-state index contributed by atoms with van der Waals surface area (Å²) in [5.74, 6) is 2.06. The molecule has 0 aliphatic heterocycles. The van der Waals surface area contributed by atoms with E-state index >= 15 is 0 Å². The molecule has 1 radical (unpaired) electrons. The van der Waals surface area contributed by atoms with E-state index in [9.17, 15) is 4.79 Å². The van der Waals surface area contributed by atoms with Crippen LogP contribution in [0.5, 0.6) is 0 Å². The molecule has 2 aliphatic rings. The molecular weight excluding hydrogens is 309 g/mol. The van der Waals surface area contributed by atoms with Gasteiger partial charge in [0.15, 0.2) is 0 Å². The van der Waals surface area contributed by atoms with Gasteiger partial charge in [-0.1, -0.05) is 32.8 Å². The number of allylic oxidation sites excluding steroid dienone is 3. The van der Waals surface area contributed by atoms with Crippen molar-refractivity contribution in [3.8, 4) is 0 Å². The van der Waals surface area contributed by atoms with Crippen molar-refractivity contribution in [3.63, 3.8) is 0 Å². The molecule has 0 saturated heterocycles. The normalized spacial score (nSPS) is 35.8. The van der Waals surface area contributed by atoms with Gasteiger partial charge >= 0.3 is 0 Å². The number of carbonyl (C=O) groups is 1. The first-order valence-corrected chi connectivity index (χ1v) is 7.31. The van der Waals surface area contributed by atoms with E-state index < -0.39 is 0 Å². The van der Waals surface area contributed by atoms with Crippen LogP contribution in [0.25, 0.3) is 0 Å². The standard InChI is InChI=1S/C17H25O.Y/c1-13(7-4-5-12-18)15-9-10-16-14(2)8-6-11-17(15,16)3;/h2,4-5,12-13,15-16H,6-11H2,1,3H3;/q-1;/b5-4+;/t13-,15-,16+,17-;/m1./s1. The van der Waals surface area contributed by atoms with Crippen LogP contribution in [0.4, 0.5) is 0 Å². The third-order valence-electron chi connectivity index (χ3n) is 5.45. The fourth-order valence-corrected chi connectivity index (χ4v) is 4.53. The van der Waals surface area contributed by atoms with Gasteiger partial charge in [0.05, 0.1) is 0 Å². The van der Waals surface area contributed by atoms with Crippen LogP contribution >= 0.6 is 0 Å². The Balaban J connectivity index is 0.00000180. The summed E-state index contributed by atoms with van der Waals surface area (Å²) in [6.07, 6.45) is 11.8. The van der Waals surface area contributed by atoms with Gasteiger partial charge in [0.2, 0.25) is 0 Å². The van der Waals surface area contributed by atoms with Crippen LogP contribution in [0.2, 0.25) is 0 Å². The van der Waals surface area contributed by atoms with E-state index in [-0.39, 0.29) is 32.7 Å². The smallest absolute Gasteiger partial charge is 0.142 e. The molecule has 0 aromatic carbocycles. The van der Waals surface area contributed by atoms with Gasteiger partial charge in [-0.15, -0.1) is 0 Å². The van der Waals surface area contributed by atoms with Crippen molar-refractivity contribution in [2.75, 3.05) is 0 Å². The first-order chi connectivity index (χ1) is 8.59. The monoisotopic (exact) mass is 334 g/mol. The minimum atomic E-state index is 0. The molecule has 2 rings (SSSR count). The van der Waals surface area contributed by atoms with Crippen LogP contribution in [0.3, 0.4) is 0 Å². The zero-order valence-electron chi connectivity index (χ0n) is 12.3. The van der Waals surface area contributed by atoms with E-state index in [0.29, 0.717) is 17.3 Å². The number of carbonyl (C=O) groups excluding carboxylic acids is 1. The van der Waals surface area contributed by atoms with Crippen LogP contribution < -0.4 is 0 Å². The summed E-state index contributed by atoms with van der Waals surface area (Å²) in [4.78, 5) is 10.3. The van der Waals surface area contributed by atoms with Crippen LogP contribution in [-0.2, 0) is 37.5 Å². The maximum atomic E-state index is 10.3. The predicted molar refractivity (Wildman–Crippen MR) is 75.0 cm³/mol. The summed E-state index contributed by atoms with van der Waals surface area (Å²) in [6.45, 7) is 11.0. The molecule has 0 heterocycles. The molecule has 0 amide bonds. The van der Waals surface area contributed by atoms with Crippen LogP contribution in [-0.4, -0.2) is 6.29 Å². The fourth-order valence-electron chi connectivity index (χ4n) is 4.53. The Hall–Kier alpha value is 0.254. The van der Waals surface area contributed by atoms with E-state index in [1.165, 1.54) is 31.3 Å². The number of hydrogen-bond acceptors (Lipinski definition) is 1. The molecule has 103 valence electrons. The van der Waals surface area contributed by atoms with E-state index in [2.05, 4.69) is 13.8 Å². The summed E-state index contributed by atoms with van der Waals surface area (Å²) in [6, 6.07) is 0. The van der Waals surface area contributed by atoms with Gasteiger partial charge in [0, 0.05) is 32.7 Å². The van der Waals surface area contributed by atoms with Crippen LogP contribution in [0.15, 0.2) is 17.7 Å². The molecule has 2 saturated carbocycles. The summed E-state index contributed by atoms with van der Waals surface area (Å²) in [5, 5.41) is 0. The maximum absolute atomic E-state index is 10.3. The molecule has 0 bridgehead atoms. The third-order valence-corrected chi connectivity index (χ3v) is 5.45. The van der Waals surface area contributed by atoms with E-state index in [1.54, 1.807) is 6.08 Å². The Kier molecular flexibility index (Phi) is 6.66. The number of fused-ring (bicyclic) bond motifs is 1. The summed E-state index contributed by atoms with van der Waals surface area (Å²) in [5.41, 5.74) is 1.67.